The highest BCUT2D eigenvalue weighted by Crippen LogP contribution is 2.21. The molecule has 2 heteroatoms. The molecular weight excluding hydrogens is 172 g/mol. The van der Waals surface area contributed by atoms with Crippen molar-refractivity contribution in [2.75, 3.05) is 27.2 Å². The van der Waals surface area contributed by atoms with Crippen LogP contribution in [0.2, 0.25) is 0 Å². The summed E-state index contributed by atoms with van der Waals surface area (Å²) in [6.07, 6.45) is 8.01. The largest absolute Gasteiger partial charge is 0.306 e. The molecule has 0 saturated carbocycles. The van der Waals surface area contributed by atoms with Crippen molar-refractivity contribution < 1.29 is 0 Å². The van der Waals surface area contributed by atoms with Crippen LogP contribution in [0.5, 0.6) is 0 Å². The minimum absolute atomic E-state index is 0.111. The van der Waals surface area contributed by atoms with Gasteiger partial charge in [0.25, 0.3) is 0 Å². The number of hydrogen-bond acceptors (Lipinski definition) is 2. The summed E-state index contributed by atoms with van der Waals surface area (Å²) in [5.74, 6) is 2.86. The molecule has 0 radical (unpaired) electrons. The highest BCUT2D eigenvalue weighted by atomic mass is 15.2. The Labute approximate surface area is 88.3 Å². The summed E-state index contributed by atoms with van der Waals surface area (Å²) in [7, 11) is 4.33. The Balaban J connectivity index is 2.54. The molecule has 0 aromatic heterocycles. The summed E-state index contributed by atoms with van der Waals surface area (Å²) in [6, 6.07) is 0.650. The molecule has 0 N–H and O–H groups in total. The van der Waals surface area contributed by atoms with Crippen molar-refractivity contribution >= 4 is 0 Å². The van der Waals surface area contributed by atoms with Gasteiger partial charge in [0.15, 0.2) is 0 Å². The van der Waals surface area contributed by atoms with E-state index in [1.807, 2.05) is 0 Å². The van der Waals surface area contributed by atoms with E-state index in [1.54, 1.807) is 0 Å². The minimum atomic E-state index is -0.111. The molecule has 1 rings (SSSR count). The predicted octanol–water partition coefficient (Wildman–Crippen LogP) is 1.42. The maximum absolute atomic E-state index is 5.54. The number of likely N-dealkylation sites (tertiary alicyclic amines) is 1. The van der Waals surface area contributed by atoms with Crippen molar-refractivity contribution in [3.8, 4) is 12.3 Å². The van der Waals surface area contributed by atoms with Crippen LogP contribution in [0, 0.1) is 12.3 Å². The van der Waals surface area contributed by atoms with Gasteiger partial charge in [-0.1, -0.05) is 5.92 Å². The first kappa shape index (κ1) is 11.6. The van der Waals surface area contributed by atoms with Crippen molar-refractivity contribution in [2.24, 2.45) is 0 Å². The maximum Gasteiger partial charge on any atom is 0.0766 e. The Morgan fingerprint density at radius 2 is 1.86 bits per heavy atom. The first-order chi connectivity index (χ1) is 6.47. The molecule has 0 bridgehead atoms. The van der Waals surface area contributed by atoms with Crippen LogP contribution in [0.4, 0.5) is 0 Å². The van der Waals surface area contributed by atoms with Gasteiger partial charge in [-0.3, -0.25) is 4.90 Å². The standard InChI is InChI=1S/C12H22N2/c1-6-12(2,3)14(5)11-7-9-13(4)10-8-11/h1,11H,7-10H2,2-5H3. The third-order valence-electron chi connectivity index (χ3n) is 3.47. The third kappa shape index (κ3) is 2.50. The zero-order chi connectivity index (χ0) is 10.8. The van der Waals surface area contributed by atoms with E-state index in [1.165, 1.54) is 25.9 Å². The van der Waals surface area contributed by atoms with Gasteiger partial charge in [-0.2, -0.15) is 0 Å². The zero-order valence-electron chi connectivity index (χ0n) is 9.88. The molecule has 0 aliphatic carbocycles. The lowest BCUT2D eigenvalue weighted by molar-refractivity contribution is 0.0913. The van der Waals surface area contributed by atoms with Gasteiger partial charge < -0.3 is 4.90 Å². The molecule has 0 unspecified atom stereocenters. The van der Waals surface area contributed by atoms with Gasteiger partial charge in [-0.15, -0.1) is 6.42 Å². The molecule has 0 aromatic rings. The third-order valence-corrected chi connectivity index (χ3v) is 3.47. The predicted molar refractivity (Wildman–Crippen MR) is 61.2 cm³/mol. The Morgan fingerprint density at radius 1 is 1.36 bits per heavy atom. The molecule has 2 nitrogen and oxygen atoms in total. The molecule has 1 aliphatic rings. The van der Waals surface area contributed by atoms with Crippen LogP contribution >= 0.6 is 0 Å². The van der Waals surface area contributed by atoms with E-state index < -0.39 is 0 Å². The van der Waals surface area contributed by atoms with Crippen molar-refractivity contribution in [3.63, 3.8) is 0 Å². The lowest BCUT2D eigenvalue weighted by Crippen LogP contribution is -2.50. The molecule has 0 atom stereocenters. The van der Waals surface area contributed by atoms with Crippen molar-refractivity contribution in [3.05, 3.63) is 0 Å². The number of piperidine rings is 1. The quantitative estimate of drug-likeness (QED) is 0.614. The summed E-state index contributed by atoms with van der Waals surface area (Å²) in [6.45, 7) is 6.61. The Hall–Kier alpha value is -0.520. The molecule has 1 saturated heterocycles. The highest BCUT2D eigenvalue weighted by molar-refractivity contribution is 5.09. The van der Waals surface area contributed by atoms with Crippen LogP contribution < -0.4 is 0 Å². The van der Waals surface area contributed by atoms with Crippen LogP contribution in [0.15, 0.2) is 0 Å². The maximum atomic E-state index is 5.54. The number of terminal acetylenes is 1. The molecule has 0 spiro atoms. The lowest BCUT2D eigenvalue weighted by atomic mass is 9.97. The molecule has 14 heavy (non-hydrogen) atoms. The van der Waals surface area contributed by atoms with Crippen LogP contribution in [0.3, 0.4) is 0 Å². The van der Waals surface area contributed by atoms with Gasteiger partial charge in [0.1, 0.15) is 0 Å². The fourth-order valence-corrected chi connectivity index (χ4v) is 1.94. The molecule has 80 valence electrons. The Kier molecular flexibility index (Phi) is 3.58. The fourth-order valence-electron chi connectivity index (χ4n) is 1.94. The van der Waals surface area contributed by atoms with E-state index in [4.69, 9.17) is 6.42 Å². The van der Waals surface area contributed by atoms with Crippen molar-refractivity contribution in [2.45, 2.75) is 38.3 Å². The van der Waals surface area contributed by atoms with Crippen LogP contribution in [-0.4, -0.2) is 48.6 Å². The van der Waals surface area contributed by atoms with E-state index in [0.717, 1.165) is 0 Å². The van der Waals surface area contributed by atoms with Gasteiger partial charge in [-0.25, -0.2) is 0 Å². The highest BCUT2D eigenvalue weighted by Gasteiger charge is 2.29. The second-order valence-electron chi connectivity index (χ2n) is 4.85. The molecule has 1 aliphatic heterocycles. The van der Waals surface area contributed by atoms with Gasteiger partial charge >= 0.3 is 0 Å². The van der Waals surface area contributed by atoms with Gasteiger partial charge in [0.2, 0.25) is 0 Å². The van der Waals surface area contributed by atoms with Crippen LogP contribution in [0.25, 0.3) is 0 Å². The van der Waals surface area contributed by atoms with Gasteiger partial charge in [0, 0.05) is 6.04 Å². The average Bonchev–Trinajstić information content (AvgIpc) is 2.18. The van der Waals surface area contributed by atoms with Crippen molar-refractivity contribution in [1.29, 1.82) is 0 Å². The Morgan fingerprint density at radius 3 is 2.29 bits per heavy atom. The summed E-state index contributed by atoms with van der Waals surface area (Å²) in [5.41, 5.74) is -0.111. The van der Waals surface area contributed by atoms with Gasteiger partial charge in [0.05, 0.1) is 5.54 Å². The minimum Gasteiger partial charge on any atom is -0.306 e. The topological polar surface area (TPSA) is 6.48 Å². The van der Waals surface area contributed by atoms with Crippen LogP contribution in [-0.2, 0) is 0 Å². The summed E-state index contributed by atoms with van der Waals surface area (Å²) >= 11 is 0. The fraction of sp³-hybridized carbons (Fsp3) is 0.833. The SMILES string of the molecule is C#CC(C)(C)N(C)C1CCN(C)CC1. The molecular formula is C12H22N2. The molecule has 0 amide bonds. The van der Waals surface area contributed by atoms with Crippen molar-refractivity contribution in [1.82, 2.24) is 9.80 Å². The second-order valence-corrected chi connectivity index (χ2v) is 4.85. The molecule has 1 fully saturated rings. The summed E-state index contributed by atoms with van der Waals surface area (Å²) in [5, 5.41) is 0. The second kappa shape index (κ2) is 4.33. The van der Waals surface area contributed by atoms with Crippen LogP contribution in [0.1, 0.15) is 26.7 Å². The lowest BCUT2D eigenvalue weighted by Gasteiger charge is -2.41. The van der Waals surface area contributed by atoms with E-state index in [2.05, 4.69) is 43.7 Å². The van der Waals surface area contributed by atoms with Gasteiger partial charge in [-0.05, 0) is 53.9 Å². The zero-order valence-corrected chi connectivity index (χ0v) is 9.88. The monoisotopic (exact) mass is 194 g/mol. The first-order valence-electron chi connectivity index (χ1n) is 5.36. The van der Waals surface area contributed by atoms with E-state index in [0.29, 0.717) is 6.04 Å². The average molecular weight is 194 g/mol. The molecule has 0 aromatic carbocycles. The van der Waals surface area contributed by atoms with E-state index >= 15 is 0 Å². The molecule has 1 heterocycles. The number of hydrogen-bond donors (Lipinski definition) is 0. The normalized spacial score (nSPS) is 21.1. The smallest absolute Gasteiger partial charge is 0.0766 e. The summed E-state index contributed by atoms with van der Waals surface area (Å²) in [4.78, 5) is 4.73. The first-order valence-corrected chi connectivity index (χ1v) is 5.36. The number of nitrogens with zero attached hydrogens (tertiary/aromatic N) is 2. The Bertz CT molecular complexity index is 219. The number of rotatable bonds is 2. The van der Waals surface area contributed by atoms with E-state index in [9.17, 15) is 0 Å². The van der Waals surface area contributed by atoms with E-state index in [-0.39, 0.29) is 5.54 Å². The summed E-state index contributed by atoms with van der Waals surface area (Å²) < 4.78 is 0.